The molecule has 0 fully saturated rings. The number of unbranched alkanes of at least 4 members (excludes halogenated alkanes) is 28. The lowest BCUT2D eigenvalue weighted by Gasteiger charge is -2.08. The van der Waals surface area contributed by atoms with Crippen LogP contribution in [0.25, 0.3) is 0 Å². The van der Waals surface area contributed by atoms with Gasteiger partial charge in [0, 0.05) is 6.07 Å². The highest BCUT2D eigenvalue weighted by Crippen LogP contribution is 2.15. The largest absolute Gasteiger partial charge is 1.00 e. The van der Waals surface area contributed by atoms with Crippen LogP contribution < -0.4 is 22.3 Å². The number of nitrogens with zero attached hydrogens (tertiary/aromatic N) is 1. The third kappa shape index (κ3) is 28.0. The molecule has 0 unspecified atom stereocenters. The second kappa shape index (κ2) is 34.7. The predicted octanol–water partition coefficient (Wildman–Crippen LogP) is 10.1. The first-order chi connectivity index (χ1) is 20.4. The molecule has 0 saturated heterocycles. The van der Waals surface area contributed by atoms with Crippen molar-refractivity contribution in [3.05, 3.63) is 24.4 Å². The standard InChI is InChI=1S/C39H74N2.ClH/c1-3-5-7-9-11-13-15-17-19-20-22-24-26-28-30-33-37-41-38-34-31-35-39(41)40-36-32-29-27-25-23-21-18-16-14-12-10-8-6-4-2;/h31,34-35,38H,3-30,32-33,36-37H2,1-2H3;1H. The fourth-order valence-electron chi connectivity index (χ4n) is 6.20. The summed E-state index contributed by atoms with van der Waals surface area (Å²) in [6.07, 6.45) is 45.2. The van der Waals surface area contributed by atoms with Crippen LogP contribution in [0.1, 0.15) is 206 Å². The van der Waals surface area contributed by atoms with Crippen LogP contribution in [0.5, 0.6) is 0 Å². The van der Waals surface area contributed by atoms with Gasteiger partial charge < -0.3 is 12.4 Å². The van der Waals surface area contributed by atoms with E-state index in [0.717, 1.165) is 13.1 Å². The van der Waals surface area contributed by atoms with Crippen LogP contribution >= 0.6 is 0 Å². The number of nitrogens with one attached hydrogen (secondary N) is 1. The quantitative estimate of drug-likeness (QED) is 0.0621. The van der Waals surface area contributed by atoms with Gasteiger partial charge in [-0.3, -0.25) is 5.32 Å². The summed E-state index contributed by atoms with van der Waals surface area (Å²) in [5.41, 5.74) is 0. The molecule has 0 amide bonds. The lowest BCUT2D eigenvalue weighted by molar-refractivity contribution is -0.683. The predicted molar refractivity (Wildman–Crippen MR) is 185 cm³/mol. The van der Waals surface area contributed by atoms with Gasteiger partial charge in [0.1, 0.15) is 0 Å². The van der Waals surface area contributed by atoms with Crippen molar-refractivity contribution >= 4 is 5.82 Å². The number of hydrogen-bond donors (Lipinski definition) is 1. The second-order valence-electron chi connectivity index (χ2n) is 13.1. The normalized spacial score (nSPS) is 11.1. The van der Waals surface area contributed by atoms with Crippen molar-refractivity contribution in [1.82, 2.24) is 0 Å². The molecule has 1 heterocycles. The monoisotopic (exact) mass is 607 g/mol. The molecule has 3 heteroatoms. The molecule has 1 rings (SSSR count). The number of aryl methyl sites for hydroxylation is 1. The Morgan fingerprint density at radius 3 is 1.14 bits per heavy atom. The third-order valence-electron chi connectivity index (χ3n) is 9.03. The maximum Gasteiger partial charge on any atom is 0.274 e. The van der Waals surface area contributed by atoms with Crippen LogP contribution in [-0.2, 0) is 6.54 Å². The van der Waals surface area contributed by atoms with E-state index in [4.69, 9.17) is 0 Å². The van der Waals surface area contributed by atoms with Gasteiger partial charge in [-0.05, 0) is 31.7 Å². The molecule has 2 nitrogen and oxygen atoms in total. The minimum Gasteiger partial charge on any atom is -1.00 e. The lowest BCUT2D eigenvalue weighted by atomic mass is 10.0. The highest BCUT2D eigenvalue weighted by atomic mass is 35.5. The van der Waals surface area contributed by atoms with E-state index in [9.17, 15) is 0 Å². The van der Waals surface area contributed by atoms with Gasteiger partial charge in [-0.25, -0.2) is 4.57 Å². The van der Waals surface area contributed by atoms with Crippen LogP contribution in [0.4, 0.5) is 5.82 Å². The van der Waals surface area contributed by atoms with E-state index in [1.165, 1.54) is 198 Å². The molecule has 0 aromatic carbocycles. The molecule has 1 aromatic heterocycles. The molecular weight excluding hydrogens is 532 g/mol. The Morgan fingerprint density at radius 1 is 0.429 bits per heavy atom. The number of anilines is 1. The summed E-state index contributed by atoms with van der Waals surface area (Å²) >= 11 is 0. The highest BCUT2D eigenvalue weighted by Gasteiger charge is 2.07. The van der Waals surface area contributed by atoms with Gasteiger partial charge in [0.05, 0.1) is 19.3 Å². The van der Waals surface area contributed by atoms with E-state index in [-0.39, 0.29) is 12.4 Å². The second-order valence-corrected chi connectivity index (χ2v) is 13.1. The molecular formula is C39H75ClN2. The third-order valence-corrected chi connectivity index (χ3v) is 9.03. The number of pyridine rings is 1. The first-order valence-electron chi connectivity index (χ1n) is 19.1. The summed E-state index contributed by atoms with van der Waals surface area (Å²) in [6.45, 7) is 6.87. The molecule has 0 spiro atoms. The van der Waals surface area contributed by atoms with Crippen LogP contribution in [0, 0.1) is 0 Å². The lowest BCUT2D eigenvalue weighted by Crippen LogP contribution is -3.00. The van der Waals surface area contributed by atoms with Gasteiger partial charge >= 0.3 is 0 Å². The fourth-order valence-corrected chi connectivity index (χ4v) is 6.20. The number of rotatable bonds is 33. The molecule has 0 atom stereocenters. The molecule has 0 aliphatic heterocycles. The smallest absolute Gasteiger partial charge is 0.274 e. The first kappa shape index (κ1) is 41.2. The van der Waals surface area contributed by atoms with Gasteiger partial charge in [0.25, 0.3) is 5.82 Å². The van der Waals surface area contributed by atoms with E-state index < -0.39 is 0 Å². The van der Waals surface area contributed by atoms with E-state index in [1.807, 2.05) is 0 Å². The van der Waals surface area contributed by atoms with Gasteiger partial charge in [0.15, 0.2) is 0 Å². The minimum absolute atomic E-state index is 0. The summed E-state index contributed by atoms with van der Waals surface area (Å²) in [4.78, 5) is 0. The van der Waals surface area contributed by atoms with Crippen molar-refractivity contribution in [2.45, 2.75) is 213 Å². The zero-order valence-electron chi connectivity index (χ0n) is 28.8. The van der Waals surface area contributed by atoms with Crippen LogP contribution in [-0.4, -0.2) is 6.54 Å². The van der Waals surface area contributed by atoms with Crippen molar-refractivity contribution in [1.29, 1.82) is 0 Å². The molecule has 0 aliphatic carbocycles. The zero-order chi connectivity index (χ0) is 29.3. The molecule has 1 aromatic rings. The summed E-state index contributed by atoms with van der Waals surface area (Å²) in [6, 6.07) is 6.62. The van der Waals surface area contributed by atoms with E-state index in [1.54, 1.807) is 0 Å². The highest BCUT2D eigenvalue weighted by molar-refractivity contribution is 5.26. The van der Waals surface area contributed by atoms with E-state index in [0.29, 0.717) is 0 Å². The summed E-state index contributed by atoms with van der Waals surface area (Å²) < 4.78 is 2.44. The van der Waals surface area contributed by atoms with Crippen molar-refractivity contribution in [3.63, 3.8) is 0 Å². The number of halogens is 1. The van der Waals surface area contributed by atoms with Crippen molar-refractivity contribution in [2.24, 2.45) is 0 Å². The SMILES string of the molecule is CCCCCCCCCCCCCCCCCC[n+]1ccccc1NCCCCCCCCCCCCCCCC.[Cl-]. The number of aromatic nitrogens is 1. The van der Waals surface area contributed by atoms with Crippen LogP contribution in [0.2, 0.25) is 0 Å². The van der Waals surface area contributed by atoms with Gasteiger partial charge in [-0.2, -0.15) is 0 Å². The van der Waals surface area contributed by atoms with E-state index in [2.05, 4.69) is 48.1 Å². The maximum atomic E-state index is 3.72. The zero-order valence-corrected chi connectivity index (χ0v) is 29.5. The fraction of sp³-hybridized carbons (Fsp3) is 0.872. The summed E-state index contributed by atoms with van der Waals surface area (Å²) in [5, 5.41) is 3.72. The topological polar surface area (TPSA) is 15.9 Å². The van der Waals surface area contributed by atoms with Gasteiger partial charge in [0.2, 0.25) is 0 Å². The van der Waals surface area contributed by atoms with Gasteiger partial charge in [-0.15, -0.1) is 0 Å². The van der Waals surface area contributed by atoms with Crippen molar-refractivity contribution in [2.75, 3.05) is 11.9 Å². The first-order valence-corrected chi connectivity index (χ1v) is 19.1. The Bertz CT molecular complexity index is 635. The van der Waals surface area contributed by atoms with Crippen molar-refractivity contribution < 1.29 is 17.0 Å². The Morgan fingerprint density at radius 2 is 0.762 bits per heavy atom. The maximum absolute atomic E-state index is 3.72. The van der Waals surface area contributed by atoms with Crippen LogP contribution in [0.15, 0.2) is 24.4 Å². The summed E-state index contributed by atoms with van der Waals surface area (Å²) in [5.74, 6) is 1.31. The minimum atomic E-state index is 0. The van der Waals surface area contributed by atoms with Crippen LogP contribution in [0.3, 0.4) is 0 Å². The molecule has 0 saturated carbocycles. The van der Waals surface area contributed by atoms with E-state index >= 15 is 0 Å². The number of hydrogen-bond acceptors (Lipinski definition) is 1. The molecule has 248 valence electrons. The Labute approximate surface area is 271 Å². The van der Waals surface area contributed by atoms with Gasteiger partial charge in [-0.1, -0.05) is 187 Å². The molecule has 0 aliphatic rings. The molecule has 0 radical (unpaired) electrons. The molecule has 42 heavy (non-hydrogen) atoms. The summed E-state index contributed by atoms with van der Waals surface area (Å²) in [7, 11) is 0. The average molecular weight is 607 g/mol. The molecule has 0 bridgehead atoms. The van der Waals surface area contributed by atoms with Crippen molar-refractivity contribution in [3.8, 4) is 0 Å². The Hall–Kier alpha value is -0.760. The average Bonchev–Trinajstić information content (AvgIpc) is 2.99. The Kier molecular flexibility index (Phi) is 34.1. The Balaban J connectivity index is 0.0000168. The molecule has 1 N–H and O–H groups in total.